The van der Waals surface area contributed by atoms with Gasteiger partial charge in [-0.2, -0.15) is 0 Å². The summed E-state index contributed by atoms with van der Waals surface area (Å²) in [6.07, 6.45) is 3.86. The first-order valence-electron chi connectivity index (χ1n) is 6.44. The molecule has 2 heterocycles. The van der Waals surface area contributed by atoms with Crippen LogP contribution in [0.5, 0.6) is 0 Å². The highest BCUT2D eigenvalue weighted by Crippen LogP contribution is 2.40. The third-order valence-electron chi connectivity index (χ3n) is 3.58. The molecule has 19 heavy (non-hydrogen) atoms. The van der Waals surface area contributed by atoms with E-state index < -0.39 is 0 Å². The Morgan fingerprint density at radius 3 is 2.95 bits per heavy atom. The highest BCUT2D eigenvalue weighted by molar-refractivity contribution is 5.92. The second kappa shape index (κ2) is 4.57. The molecule has 0 aliphatic heterocycles. The molecule has 1 aliphatic rings. The average Bonchev–Trinajstić information content (AvgIpc) is 2.97. The van der Waals surface area contributed by atoms with E-state index >= 15 is 0 Å². The van der Waals surface area contributed by atoms with Crippen LogP contribution in [0.25, 0.3) is 0 Å². The highest BCUT2D eigenvalue weighted by Gasteiger charge is 2.30. The molecular weight excluding hydrogens is 244 g/mol. The molecular formula is C14H16N2O3. The summed E-state index contributed by atoms with van der Waals surface area (Å²) in [6, 6.07) is 5.28. The maximum atomic E-state index is 12.3. The summed E-state index contributed by atoms with van der Waals surface area (Å²) in [6.45, 7) is 1.92. The van der Waals surface area contributed by atoms with Gasteiger partial charge in [0.15, 0.2) is 5.69 Å². The zero-order chi connectivity index (χ0) is 13.4. The van der Waals surface area contributed by atoms with Crippen LogP contribution in [-0.2, 0) is 0 Å². The van der Waals surface area contributed by atoms with Crippen LogP contribution in [0.4, 0.5) is 0 Å². The molecule has 5 nitrogen and oxygen atoms in total. The van der Waals surface area contributed by atoms with Gasteiger partial charge in [-0.25, -0.2) is 0 Å². The Labute approximate surface area is 111 Å². The summed E-state index contributed by atoms with van der Waals surface area (Å²) in [5.41, 5.74) is 0.364. The van der Waals surface area contributed by atoms with Gasteiger partial charge in [-0.15, -0.1) is 0 Å². The molecule has 0 aromatic carbocycles. The van der Waals surface area contributed by atoms with Crippen molar-refractivity contribution in [3.8, 4) is 0 Å². The Balaban J connectivity index is 1.74. The molecule has 5 heteroatoms. The zero-order valence-electron chi connectivity index (χ0n) is 11.0. The molecule has 1 atom stereocenters. The highest BCUT2D eigenvalue weighted by atomic mass is 16.5. The summed E-state index contributed by atoms with van der Waals surface area (Å²) in [5.74, 6) is 1.88. The van der Waals surface area contributed by atoms with Crippen molar-refractivity contribution in [3.63, 3.8) is 0 Å². The first kappa shape index (κ1) is 12.0. The number of carbonyl (C=O) groups excluding carboxylic acids is 1. The Hall–Kier alpha value is -2.04. The number of amides is 1. The standard InChI is InChI=1S/C14H16N2O3/c1-9(12-4-3-7-18-12)16(2)14(17)11-8-13(19-15-11)10-5-6-10/h3-4,7-10H,5-6H2,1-2H3. The molecule has 1 amide bonds. The molecule has 1 saturated carbocycles. The van der Waals surface area contributed by atoms with Crippen molar-refractivity contribution in [2.45, 2.75) is 31.7 Å². The van der Waals surface area contributed by atoms with Gasteiger partial charge in [-0.05, 0) is 31.9 Å². The quantitative estimate of drug-likeness (QED) is 0.848. The Bertz CT molecular complexity index is 569. The van der Waals surface area contributed by atoms with Gasteiger partial charge >= 0.3 is 0 Å². The van der Waals surface area contributed by atoms with Gasteiger partial charge in [0.2, 0.25) is 0 Å². The molecule has 0 bridgehead atoms. The van der Waals surface area contributed by atoms with Gasteiger partial charge in [-0.3, -0.25) is 4.79 Å². The van der Waals surface area contributed by atoms with Gasteiger partial charge in [0.05, 0.1) is 12.3 Å². The smallest absolute Gasteiger partial charge is 0.276 e. The lowest BCUT2D eigenvalue weighted by Gasteiger charge is -2.21. The van der Waals surface area contributed by atoms with E-state index in [2.05, 4.69) is 5.16 Å². The largest absolute Gasteiger partial charge is 0.467 e. The van der Waals surface area contributed by atoms with E-state index in [0.717, 1.165) is 24.4 Å². The number of nitrogens with zero attached hydrogens (tertiary/aromatic N) is 2. The van der Waals surface area contributed by atoms with Crippen molar-refractivity contribution in [3.05, 3.63) is 41.7 Å². The van der Waals surface area contributed by atoms with Crippen molar-refractivity contribution >= 4 is 5.91 Å². The Kier molecular flexibility index (Phi) is 2.89. The minimum absolute atomic E-state index is 0.136. The summed E-state index contributed by atoms with van der Waals surface area (Å²) >= 11 is 0. The van der Waals surface area contributed by atoms with E-state index in [-0.39, 0.29) is 11.9 Å². The van der Waals surface area contributed by atoms with Crippen LogP contribution in [0.1, 0.15) is 53.7 Å². The van der Waals surface area contributed by atoms with E-state index in [0.29, 0.717) is 11.6 Å². The number of carbonyl (C=O) groups is 1. The van der Waals surface area contributed by atoms with Crippen LogP contribution in [0.15, 0.2) is 33.4 Å². The topological polar surface area (TPSA) is 59.5 Å². The molecule has 2 aromatic heterocycles. The summed E-state index contributed by atoms with van der Waals surface area (Å²) in [4.78, 5) is 13.9. The van der Waals surface area contributed by atoms with E-state index in [1.54, 1.807) is 24.3 Å². The van der Waals surface area contributed by atoms with Gasteiger partial charge in [0.25, 0.3) is 5.91 Å². The van der Waals surface area contributed by atoms with E-state index in [9.17, 15) is 4.79 Å². The minimum atomic E-state index is -0.153. The van der Waals surface area contributed by atoms with Gasteiger partial charge in [0, 0.05) is 19.0 Å². The van der Waals surface area contributed by atoms with E-state index in [1.165, 1.54) is 0 Å². The van der Waals surface area contributed by atoms with Crippen molar-refractivity contribution in [2.24, 2.45) is 0 Å². The summed E-state index contributed by atoms with van der Waals surface area (Å²) in [5, 5.41) is 3.87. The van der Waals surface area contributed by atoms with Crippen LogP contribution < -0.4 is 0 Å². The lowest BCUT2D eigenvalue weighted by Crippen LogP contribution is -2.29. The van der Waals surface area contributed by atoms with Crippen LogP contribution in [-0.4, -0.2) is 23.0 Å². The van der Waals surface area contributed by atoms with Crippen LogP contribution >= 0.6 is 0 Å². The molecule has 1 unspecified atom stereocenters. The number of rotatable bonds is 4. The third-order valence-corrected chi connectivity index (χ3v) is 3.58. The summed E-state index contributed by atoms with van der Waals surface area (Å²) in [7, 11) is 1.74. The molecule has 0 N–H and O–H groups in total. The number of furan rings is 1. The fraction of sp³-hybridized carbons (Fsp3) is 0.429. The second-order valence-corrected chi connectivity index (χ2v) is 5.00. The van der Waals surface area contributed by atoms with E-state index in [1.807, 2.05) is 19.1 Å². The zero-order valence-corrected chi connectivity index (χ0v) is 11.0. The SMILES string of the molecule is CC(c1ccco1)N(C)C(=O)c1cc(C2CC2)on1. The molecule has 3 rings (SSSR count). The van der Waals surface area contributed by atoms with Crippen molar-refractivity contribution < 1.29 is 13.7 Å². The van der Waals surface area contributed by atoms with Gasteiger partial charge in [0.1, 0.15) is 11.5 Å². The fourth-order valence-electron chi connectivity index (χ4n) is 2.03. The minimum Gasteiger partial charge on any atom is -0.467 e. The lowest BCUT2D eigenvalue weighted by molar-refractivity contribution is 0.0715. The molecule has 0 spiro atoms. The van der Waals surface area contributed by atoms with E-state index in [4.69, 9.17) is 8.94 Å². The molecule has 0 radical (unpaired) electrons. The third kappa shape index (κ3) is 2.28. The molecule has 1 aliphatic carbocycles. The first-order valence-corrected chi connectivity index (χ1v) is 6.44. The number of hydrogen-bond donors (Lipinski definition) is 0. The Morgan fingerprint density at radius 1 is 1.53 bits per heavy atom. The fourth-order valence-corrected chi connectivity index (χ4v) is 2.03. The lowest BCUT2D eigenvalue weighted by atomic mass is 10.2. The van der Waals surface area contributed by atoms with Crippen LogP contribution in [0, 0.1) is 0 Å². The van der Waals surface area contributed by atoms with Crippen LogP contribution in [0.2, 0.25) is 0 Å². The maximum absolute atomic E-state index is 12.3. The monoisotopic (exact) mass is 260 g/mol. The van der Waals surface area contributed by atoms with Crippen molar-refractivity contribution in [1.82, 2.24) is 10.1 Å². The predicted octanol–water partition coefficient (Wildman–Crippen LogP) is 2.98. The number of hydrogen-bond acceptors (Lipinski definition) is 4. The van der Waals surface area contributed by atoms with Crippen molar-refractivity contribution in [2.75, 3.05) is 7.05 Å². The van der Waals surface area contributed by atoms with Crippen LogP contribution in [0.3, 0.4) is 0 Å². The normalized spacial score (nSPS) is 16.3. The maximum Gasteiger partial charge on any atom is 0.276 e. The molecule has 100 valence electrons. The molecule has 1 fully saturated rings. The first-order chi connectivity index (χ1) is 9.16. The predicted molar refractivity (Wildman–Crippen MR) is 67.7 cm³/mol. The summed E-state index contributed by atoms with van der Waals surface area (Å²) < 4.78 is 10.5. The molecule has 2 aromatic rings. The second-order valence-electron chi connectivity index (χ2n) is 5.00. The molecule has 0 saturated heterocycles. The van der Waals surface area contributed by atoms with Crippen molar-refractivity contribution in [1.29, 1.82) is 0 Å². The van der Waals surface area contributed by atoms with Gasteiger partial charge < -0.3 is 13.8 Å². The van der Waals surface area contributed by atoms with Gasteiger partial charge in [-0.1, -0.05) is 5.16 Å². The Morgan fingerprint density at radius 2 is 2.32 bits per heavy atom. The average molecular weight is 260 g/mol. The number of aromatic nitrogens is 1.